The van der Waals surface area contributed by atoms with Gasteiger partial charge in [0.1, 0.15) is 11.8 Å². The molecule has 1 unspecified atom stereocenters. The van der Waals surface area contributed by atoms with Crippen molar-refractivity contribution in [1.82, 2.24) is 10.2 Å². The van der Waals surface area contributed by atoms with E-state index in [-0.39, 0.29) is 11.9 Å². The molecule has 1 heterocycles. The Balaban J connectivity index is 2.21. The second-order valence-corrected chi connectivity index (χ2v) is 4.92. The summed E-state index contributed by atoms with van der Waals surface area (Å²) in [5.41, 5.74) is 6.32. The highest BCUT2D eigenvalue weighted by molar-refractivity contribution is 6.31. The number of rotatable bonds is 4. The van der Waals surface area contributed by atoms with Gasteiger partial charge in [-0.2, -0.15) is 0 Å². The molecule has 2 rings (SSSR count). The zero-order valence-electron chi connectivity index (χ0n) is 10.9. The SMILES string of the molecule is COc1cccc(Cl)c1CN1CCNCC1C(N)=O. The first kappa shape index (κ1) is 14.1. The Kier molecular flexibility index (Phi) is 4.63. The number of carbonyl (C=O) groups is 1. The van der Waals surface area contributed by atoms with Crippen LogP contribution in [0.3, 0.4) is 0 Å². The molecule has 0 bridgehead atoms. The van der Waals surface area contributed by atoms with Crippen molar-refractivity contribution in [3.8, 4) is 5.75 Å². The number of piperazine rings is 1. The molecule has 0 radical (unpaired) electrons. The second-order valence-electron chi connectivity index (χ2n) is 4.51. The van der Waals surface area contributed by atoms with E-state index in [1.165, 1.54) is 0 Å². The van der Waals surface area contributed by atoms with Gasteiger partial charge in [-0.05, 0) is 12.1 Å². The van der Waals surface area contributed by atoms with Crippen LogP contribution >= 0.6 is 11.6 Å². The maximum Gasteiger partial charge on any atom is 0.236 e. The summed E-state index contributed by atoms with van der Waals surface area (Å²) in [5, 5.41) is 3.81. The first-order valence-corrected chi connectivity index (χ1v) is 6.56. The molecule has 5 nitrogen and oxygen atoms in total. The highest BCUT2D eigenvalue weighted by atomic mass is 35.5. The van der Waals surface area contributed by atoms with Gasteiger partial charge in [-0.15, -0.1) is 0 Å². The number of primary amides is 1. The van der Waals surface area contributed by atoms with E-state index in [0.29, 0.717) is 18.1 Å². The summed E-state index contributed by atoms with van der Waals surface area (Å²) in [5.74, 6) is 0.410. The molecule has 1 atom stereocenters. The topological polar surface area (TPSA) is 67.6 Å². The van der Waals surface area contributed by atoms with E-state index < -0.39 is 0 Å². The molecule has 1 aliphatic rings. The molecule has 0 aliphatic carbocycles. The van der Waals surface area contributed by atoms with E-state index >= 15 is 0 Å². The minimum atomic E-state index is -0.321. The fourth-order valence-electron chi connectivity index (χ4n) is 2.30. The zero-order chi connectivity index (χ0) is 13.8. The first-order valence-electron chi connectivity index (χ1n) is 6.19. The average molecular weight is 284 g/mol. The van der Waals surface area contributed by atoms with Gasteiger partial charge in [-0.25, -0.2) is 0 Å². The van der Waals surface area contributed by atoms with Gasteiger partial charge in [0.2, 0.25) is 5.91 Å². The Labute approximate surface area is 117 Å². The third kappa shape index (κ3) is 3.18. The standard InChI is InChI=1S/C13H18ClN3O2/c1-19-12-4-2-3-10(14)9(12)8-17-6-5-16-7-11(17)13(15)18/h2-4,11,16H,5-8H2,1H3,(H2,15,18). The Morgan fingerprint density at radius 2 is 2.42 bits per heavy atom. The van der Waals surface area contributed by atoms with Crippen molar-refractivity contribution in [3.05, 3.63) is 28.8 Å². The number of nitrogens with zero attached hydrogens (tertiary/aromatic N) is 1. The lowest BCUT2D eigenvalue weighted by Crippen LogP contribution is -2.56. The van der Waals surface area contributed by atoms with E-state index in [0.717, 1.165) is 24.4 Å². The lowest BCUT2D eigenvalue weighted by molar-refractivity contribution is -0.124. The summed E-state index contributed by atoms with van der Waals surface area (Å²) < 4.78 is 5.32. The molecule has 1 fully saturated rings. The predicted octanol–water partition coefficient (Wildman–Crippen LogP) is 0.608. The van der Waals surface area contributed by atoms with Crippen LogP contribution in [0.2, 0.25) is 5.02 Å². The van der Waals surface area contributed by atoms with Crippen LogP contribution in [0.4, 0.5) is 0 Å². The average Bonchev–Trinajstić information content (AvgIpc) is 2.41. The largest absolute Gasteiger partial charge is 0.496 e. The van der Waals surface area contributed by atoms with Crippen LogP contribution < -0.4 is 15.8 Å². The Hall–Kier alpha value is -1.30. The highest BCUT2D eigenvalue weighted by Crippen LogP contribution is 2.28. The third-order valence-corrected chi connectivity index (χ3v) is 3.69. The zero-order valence-corrected chi connectivity index (χ0v) is 11.6. The van der Waals surface area contributed by atoms with Crippen LogP contribution in [0.1, 0.15) is 5.56 Å². The number of benzene rings is 1. The van der Waals surface area contributed by atoms with Crippen LogP contribution in [0.5, 0.6) is 5.75 Å². The van der Waals surface area contributed by atoms with E-state index in [2.05, 4.69) is 5.32 Å². The summed E-state index contributed by atoms with van der Waals surface area (Å²) in [6.45, 7) is 2.71. The Bertz CT molecular complexity index is 467. The monoisotopic (exact) mass is 283 g/mol. The van der Waals surface area contributed by atoms with E-state index in [1.54, 1.807) is 7.11 Å². The summed E-state index contributed by atoms with van der Waals surface area (Å²) in [7, 11) is 1.61. The maximum absolute atomic E-state index is 11.5. The van der Waals surface area contributed by atoms with Gasteiger partial charge < -0.3 is 15.8 Å². The van der Waals surface area contributed by atoms with E-state index in [1.807, 2.05) is 23.1 Å². The first-order chi connectivity index (χ1) is 9.13. The van der Waals surface area contributed by atoms with Crippen molar-refractivity contribution < 1.29 is 9.53 Å². The van der Waals surface area contributed by atoms with Gasteiger partial charge >= 0.3 is 0 Å². The van der Waals surface area contributed by atoms with Crippen molar-refractivity contribution in [2.24, 2.45) is 5.73 Å². The summed E-state index contributed by atoms with van der Waals surface area (Å²) in [6, 6.07) is 5.21. The minimum Gasteiger partial charge on any atom is -0.496 e. The quantitative estimate of drug-likeness (QED) is 0.850. The number of amides is 1. The number of hydrogen-bond donors (Lipinski definition) is 2. The van der Waals surface area contributed by atoms with Crippen LogP contribution in [-0.2, 0) is 11.3 Å². The fourth-order valence-corrected chi connectivity index (χ4v) is 2.53. The smallest absolute Gasteiger partial charge is 0.236 e. The van der Waals surface area contributed by atoms with Crippen LogP contribution in [0.15, 0.2) is 18.2 Å². The molecule has 1 aromatic rings. The van der Waals surface area contributed by atoms with Gasteiger partial charge in [0.15, 0.2) is 0 Å². The molecule has 3 N–H and O–H groups in total. The number of hydrogen-bond acceptors (Lipinski definition) is 4. The number of methoxy groups -OCH3 is 1. The van der Waals surface area contributed by atoms with E-state index in [4.69, 9.17) is 22.1 Å². The molecule has 0 spiro atoms. The van der Waals surface area contributed by atoms with Gasteiger partial charge in [-0.3, -0.25) is 9.69 Å². The lowest BCUT2D eigenvalue weighted by atomic mass is 10.1. The lowest BCUT2D eigenvalue weighted by Gasteiger charge is -2.34. The number of ether oxygens (including phenoxy) is 1. The third-order valence-electron chi connectivity index (χ3n) is 3.34. The van der Waals surface area contributed by atoms with E-state index in [9.17, 15) is 4.79 Å². The summed E-state index contributed by atoms with van der Waals surface area (Å²) in [6.07, 6.45) is 0. The second kappa shape index (κ2) is 6.23. The molecule has 19 heavy (non-hydrogen) atoms. The van der Waals surface area contributed by atoms with Crippen molar-refractivity contribution in [2.75, 3.05) is 26.7 Å². The summed E-state index contributed by atoms with van der Waals surface area (Å²) in [4.78, 5) is 13.5. The number of nitrogens with two attached hydrogens (primary N) is 1. The van der Waals surface area contributed by atoms with Crippen molar-refractivity contribution in [3.63, 3.8) is 0 Å². The molecule has 1 saturated heterocycles. The molecule has 104 valence electrons. The minimum absolute atomic E-state index is 0.310. The van der Waals surface area contributed by atoms with Crippen LogP contribution in [0.25, 0.3) is 0 Å². The molecule has 1 aromatic carbocycles. The molecular formula is C13H18ClN3O2. The fraction of sp³-hybridized carbons (Fsp3) is 0.462. The van der Waals surface area contributed by atoms with Crippen LogP contribution in [-0.4, -0.2) is 43.6 Å². The molecule has 0 aromatic heterocycles. The molecular weight excluding hydrogens is 266 g/mol. The Morgan fingerprint density at radius 1 is 1.63 bits per heavy atom. The predicted molar refractivity (Wildman–Crippen MR) is 74.3 cm³/mol. The van der Waals surface area contributed by atoms with Crippen molar-refractivity contribution in [2.45, 2.75) is 12.6 Å². The molecule has 6 heteroatoms. The molecule has 1 aliphatic heterocycles. The van der Waals surface area contributed by atoms with Gasteiger partial charge in [0, 0.05) is 36.8 Å². The van der Waals surface area contributed by atoms with Gasteiger partial charge in [-0.1, -0.05) is 17.7 Å². The Morgan fingerprint density at radius 3 is 3.11 bits per heavy atom. The highest BCUT2D eigenvalue weighted by Gasteiger charge is 2.27. The van der Waals surface area contributed by atoms with Gasteiger partial charge in [0.25, 0.3) is 0 Å². The van der Waals surface area contributed by atoms with Gasteiger partial charge in [0.05, 0.1) is 7.11 Å². The van der Waals surface area contributed by atoms with Crippen LogP contribution in [0, 0.1) is 0 Å². The van der Waals surface area contributed by atoms with Crippen molar-refractivity contribution in [1.29, 1.82) is 0 Å². The molecule has 0 saturated carbocycles. The number of nitrogens with one attached hydrogen (secondary N) is 1. The number of carbonyl (C=O) groups excluding carboxylic acids is 1. The normalized spacial score (nSPS) is 20.2. The van der Waals surface area contributed by atoms with Crippen molar-refractivity contribution >= 4 is 17.5 Å². The molecule has 1 amide bonds. The maximum atomic E-state index is 11.5. The number of halogens is 1. The summed E-state index contributed by atoms with van der Waals surface area (Å²) >= 11 is 6.22.